The molecular weight excluding hydrogens is 233 g/mol. The van der Waals surface area contributed by atoms with Crippen LogP contribution in [-0.4, -0.2) is 10.2 Å². The molecule has 0 unspecified atom stereocenters. The molecule has 1 N–H and O–H groups in total. The molecule has 1 aromatic heterocycles. The molecule has 1 aromatic carbocycles. The summed E-state index contributed by atoms with van der Waals surface area (Å²) in [6, 6.07) is 5.50. The fraction of sp³-hybridized carbons (Fsp3) is 0.385. The Hall–Kier alpha value is -1.91. The Balaban J connectivity index is 1.95. The summed E-state index contributed by atoms with van der Waals surface area (Å²) >= 11 is 0. The molecule has 0 aliphatic rings. The van der Waals surface area contributed by atoms with Gasteiger partial charge < -0.3 is 9.73 Å². The number of halogens is 1. The van der Waals surface area contributed by atoms with Gasteiger partial charge in [-0.05, 0) is 30.5 Å². The molecule has 0 saturated heterocycles. The van der Waals surface area contributed by atoms with E-state index in [2.05, 4.69) is 15.5 Å². The molecule has 4 nitrogen and oxygen atoms in total. The smallest absolute Gasteiger partial charge is 0.315 e. The summed E-state index contributed by atoms with van der Waals surface area (Å²) in [5, 5.41) is 10.7. The Morgan fingerprint density at radius 3 is 2.89 bits per heavy atom. The van der Waals surface area contributed by atoms with E-state index < -0.39 is 0 Å². The summed E-state index contributed by atoms with van der Waals surface area (Å²) in [7, 11) is 0. The third-order valence-electron chi connectivity index (χ3n) is 2.61. The van der Waals surface area contributed by atoms with Crippen LogP contribution in [0.25, 0.3) is 0 Å². The normalized spacial score (nSPS) is 10.6. The molecule has 0 aliphatic heterocycles. The highest BCUT2D eigenvalue weighted by Gasteiger charge is 2.05. The summed E-state index contributed by atoms with van der Waals surface area (Å²) < 4.78 is 18.7. The predicted octanol–water partition coefficient (Wildman–Crippen LogP) is 3.08. The van der Waals surface area contributed by atoms with Crippen LogP contribution in [0, 0.1) is 12.7 Å². The van der Waals surface area contributed by atoms with Crippen molar-refractivity contribution in [3.8, 4) is 0 Å². The van der Waals surface area contributed by atoms with Gasteiger partial charge in [0, 0.05) is 13.0 Å². The van der Waals surface area contributed by atoms with Crippen molar-refractivity contribution in [2.45, 2.75) is 33.2 Å². The van der Waals surface area contributed by atoms with Gasteiger partial charge in [-0.25, -0.2) is 4.39 Å². The first-order valence-electron chi connectivity index (χ1n) is 6.00. The molecule has 0 atom stereocenters. The van der Waals surface area contributed by atoms with Crippen LogP contribution < -0.4 is 5.32 Å². The lowest BCUT2D eigenvalue weighted by Gasteiger charge is -2.03. The Morgan fingerprint density at radius 1 is 1.33 bits per heavy atom. The van der Waals surface area contributed by atoms with E-state index >= 15 is 0 Å². The van der Waals surface area contributed by atoms with Gasteiger partial charge in [0.2, 0.25) is 5.89 Å². The second-order valence-corrected chi connectivity index (χ2v) is 4.19. The summed E-state index contributed by atoms with van der Waals surface area (Å²) in [5.41, 5.74) is 1.48. The third kappa shape index (κ3) is 3.06. The van der Waals surface area contributed by atoms with Crippen LogP contribution >= 0.6 is 0 Å². The average molecular weight is 249 g/mol. The van der Waals surface area contributed by atoms with Crippen LogP contribution in [0.1, 0.15) is 30.4 Å². The fourth-order valence-corrected chi connectivity index (χ4v) is 1.56. The van der Waals surface area contributed by atoms with Gasteiger partial charge in [0.05, 0.1) is 0 Å². The lowest BCUT2D eigenvalue weighted by atomic mass is 10.1. The van der Waals surface area contributed by atoms with Crippen molar-refractivity contribution in [1.82, 2.24) is 10.2 Å². The van der Waals surface area contributed by atoms with E-state index in [9.17, 15) is 4.39 Å². The maximum absolute atomic E-state index is 13.3. The van der Waals surface area contributed by atoms with Gasteiger partial charge in [-0.1, -0.05) is 24.2 Å². The van der Waals surface area contributed by atoms with E-state index in [1.54, 1.807) is 13.0 Å². The second kappa shape index (κ2) is 5.62. The van der Waals surface area contributed by atoms with Gasteiger partial charge in [-0.3, -0.25) is 0 Å². The van der Waals surface area contributed by atoms with E-state index in [4.69, 9.17) is 4.42 Å². The number of nitrogens with one attached hydrogen (secondary N) is 1. The van der Waals surface area contributed by atoms with E-state index in [0.29, 0.717) is 24.0 Å². The molecule has 0 aliphatic carbocycles. The molecular formula is C13H16FN3O. The van der Waals surface area contributed by atoms with Crippen LogP contribution in [0.2, 0.25) is 0 Å². The highest BCUT2D eigenvalue weighted by Crippen LogP contribution is 2.12. The molecule has 1 heterocycles. The van der Waals surface area contributed by atoms with E-state index in [-0.39, 0.29) is 5.82 Å². The molecule has 0 radical (unpaired) electrons. The second-order valence-electron chi connectivity index (χ2n) is 4.19. The number of aryl methyl sites for hydroxylation is 2. The molecule has 0 fully saturated rings. The first-order valence-corrected chi connectivity index (χ1v) is 6.00. The molecule has 96 valence electrons. The standard InChI is InChI=1S/C13H16FN3O/c1-3-4-12-16-17-13(18-12)15-8-10-6-5-9(2)11(14)7-10/h5-7H,3-4,8H2,1-2H3,(H,15,17). The predicted molar refractivity (Wildman–Crippen MR) is 66.8 cm³/mol. The average Bonchev–Trinajstić information content (AvgIpc) is 2.79. The highest BCUT2D eigenvalue weighted by molar-refractivity contribution is 5.27. The lowest BCUT2D eigenvalue weighted by Crippen LogP contribution is -2.00. The summed E-state index contributed by atoms with van der Waals surface area (Å²) in [4.78, 5) is 0. The Kier molecular flexibility index (Phi) is 3.92. The molecule has 0 saturated carbocycles. The number of hydrogen-bond donors (Lipinski definition) is 1. The minimum Gasteiger partial charge on any atom is -0.408 e. The summed E-state index contributed by atoms with van der Waals surface area (Å²) in [5.74, 6) is 0.418. The van der Waals surface area contributed by atoms with Gasteiger partial charge in [0.15, 0.2) is 0 Å². The summed E-state index contributed by atoms with van der Waals surface area (Å²) in [6.07, 6.45) is 1.73. The molecule has 0 bridgehead atoms. The molecule has 2 rings (SSSR count). The van der Waals surface area contributed by atoms with Gasteiger partial charge >= 0.3 is 6.01 Å². The van der Waals surface area contributed by atoms with Gasteiger partial charge in [-0.15, -0.1) is 5.10 Å². The number of nitrogens with zero attached hydrogens (tertiary/aromatic N) is 2. The molecule has 18 heavy (non-hydrogen) atoms. The molecule has 5 heteroatoms. The maximum atomic E-state index is 13.3. The van der Waals surface area contributed by atoms with Crippen LogP contribution in [-0.2, 0) is 13.0 Å². The zero-order valence-corrected chi connectivity index (χ0v) is 10.5. The van der Waals surface area contributed by atoms with E-state index in [1.165, 1.54) is 6.07 Å². The minimum atomic E-state index is -0.202. The van der Waals surface area contributed by atoms with Crippen molar-refractivity contribution < 1.29 is 8.81 Å². The van der Waals surface area contributed by atoms with Gasteiger partial charge in [-0.2, -0.15) is 0 Å². The Morgan fingerprint density at radius 2 is 2.17 bits per heavy atom. The highest BCUT2D eigenvalue weighted by atomic mass is 19.1. The SMILES string of the molecule is CCCc1nnc(NCc2ccc(C)c(F)c2)o1. The quantitative estimate of drug-likeness (QED) is 0.884. The zero-order valence-electron chi connectivity index (χ0n) is 10.5. The van der Waals surface area contributed by atoms with Crippen molar-refractivity contribution in [3.63, 3.8) is 0 Å². The first kappa shape index (κ1) is 12.5. The molecule has 2 aromatic rings. The van der Waals surface area contributed by atoms with Crippen molar-refractivity contribution in [2.75, 3.05) is 5.32 Å². The Bertz CT molecular complexity index is 525. The van der Waals surface area contributed by atoms with E-state index in [0.717, 1.165) is 18.4 Å². The first-order chi connectivity index (χ1) is 8.69. The topological polar surface area (TPSA) is 51.0 Å². The van der Waals surface area contributed by atoms with Crippen LogP contribution in [0.15, 0.2) is 22.6 Å². The maximum Gasteiger partial charge on any atom is 0.315 e. The van der Waals surface area contributed by atoms with Crippen molar-refractivity contribution >= 4 is 6.01 Å². The number of aromatic nitrogens is 2. The van der Waals surface area contributed by atoms with Gasteiger partial charge in [0.25, 0.3) is 0 Å². The minimum absolute atomic E-state index is 0.202. The number of rotatable bonds is 5. The fourth-order valence-electron chi connectivity index (χ4n) is 1.56. The number of hydrogen-bond acceptors (Lipinski definition) is 4. The van der Waals surface area contributed by atoms with Crippen LogP contribution in [0.3, 0.4) is 0 Å². The third-order valence-corrected chi connectivity index (χ3v) is 2.61. The zero-order chi connectivity index (χ0) is 13.0. The van der Waals surface area contributed by atoms with Crippen LogP contribution in [0.5, 0.6) is 0 Å². The van der Waals surface area contributed by atoms with Crippen molar-refractivity contribution in [3.05, 3.63) is 41.0 Å². The van der Waals surface area contributed by atoms with Gasteiger partial charge in [0.1, 0.15) is 5.82 Å². The number of benzene rings is 1. The monoisotopic (exact) mass is 249 g/mol. The molecule has 0 amide bonds. The number of anilines is 1. The van der Waals surface area contributed by atoms with Crippen molar-refractivity contribution in [1.29, 1.82) is 0 Å². The Labute approximate surface area is 105 Å². The van der Waals surface area contributed by atoms with Crippen molar-refractivity contribution in [2.24, 2.45) is 0 Å². The summed E-state index contributed by atoms with van der Waals surface area (Å²) in [6.45, 7) is 4.25. The van der Waals surface area contributed by atoms with E-state index in [1.807, 2.05) is 13.0 Å². The molecule has 0 spiro atoms. The lowest BCUT2D eigenvalue weighted by molar-refractivity contribution is 0.501. The largest absolute Gasteiger partial charge is 0.408 e. The van der Waals surface area contributed by atoms with Crippen LogP contribution in [0.4, 0.5) is 10.4 Å².